The van der Waals surface area contributed by atoms with Gasteiger partial charge in [0.05, 0.1) is 6.42 Å². The predicted octanol–water partition coefficient (Wildman–Crippen LogP) is 1.84. The van der Waals surface area contributed by atoms with E-state index in [4.69, 9.17) is 0 Å². The third kappa shape index (κ3) is 8.31. The van der Waals surface area contributed by atoms with Crippen LogP contribution in [0.3, 0.4) is 0 Å². The molecule has 174 valence electrons. The molecule has 2 fully saturated rings. The molecule has 0 bridgehead atoms. The maximum absolute atomic E-state index is 12.5. The molecule has 7 heteroatoms. The molecule has 0 atom stereocenters. The number of hydrogen-bond acceptors (Lipinski definition) is 6. The molecule has 0 aliphatic carbocycles. The van der Waals surface area contributed by atoms with E-state index in [9.17, 15) is 15.0 Å². The first-order valence-corrected chi connectivity index (χ1v) is 12.0. The van der Waals surface area contributed by atoms with Crippen molar-refractivity contribution in [2.75, 3.05) is 52.4 Å². The van der Waals surface area contributed by atoms with Crippen molar-refractivity contribution < 1.29 is 15.0 Å². The van der Waals surface area contributed by atoms with Crippen LogP contribution in [0, 0.1) is 11.8 Å². The van der Waals surface area contributed by atoms with Crippen molar-refractivity contribution in [2.45, 2.75) is 44.9 Å². The van der Waals surface area contributed by atoms with E-state index in [2.05, 4.69) is 16.0 Å². The van der Waals surface area contributed by atoms with Gasteiger partial charge in [0.2, 0.25) is 5.91 Å². The fourth-order valence-corrected chi connectivity index (χ4v) is 4.56. The van der Waals surface area contributed by atoms with Crippen molar-refractivity contribution in [2.24, 2.45) is 11.8 Å². The second-order valence-corrected chi connectivity index (χ2v) is 9.12. The van der Waals surface area contributed by atoms with Crippen LogP contribution >= 0.6 is 0 Å². The average molecular weight is 433 g/mol. The Bertz CT molecular complexity index is 671. The fourth-order valence-electron chi connectivity index (χ4n) is 4.56. The van der Waals surface area contributed by atoms with Gasteiger partial charge in [0.15, 0.2) is 0 Å². The van der Waals surface area contributed by atoms with Crippen LogP contribution in [0.15, 0.2) is 18.2 Å². The molecule has 1 amide bonds. The number of aromatic hydroxyl groups is 2. The Hall–Kier alpha value is -1.83. The van der Waals surface area contributed by atoms with Crippen molar-refractivity contribution >= 4 is 5.91 Å². The number of piperidine rings is 2. The van der Waals surface area contributed by atoms with E-state index in [1.54, 1.807) is 6.07 Å². The number of phenols is 2. The molecule has 5 N–H and O–H groups in total. The normalized spacial score (nSPS) is 18.4. The summed E-state index contributed by atoms with van der Waals surface area (Å²) in [4.78, 5) is 14.4. The summed E-state index contributed by atoms with van der Waals surface area (Å²) in [6.45, 7) is 8.28. The lowest BCUT2D eigenvalue weighted by Gasteiger charge is -2.32. The first-order chi connectivity index (χ1) is 15.1. The Balaban J connectivity index is 1.20. The first kappa shape index (κ1) is 23.8. The van der Waals surface area contributed by atoms with Gasteiger partial charge in [-0.2, -0.15) is 0 Å². The molecule has 0 saturated carbocycles. The minimum Gasteiger partial charge on any atom is -0.508 e. The van der Waals surface area contributed by atoms with E-state index in [-0.39, 0.29) is 23.8 Å². The highest BCUT2D eigenvalue weighted by Crippen LogP contribution is 2.24. The van der Waals surface area contributed by atoms with Crippen molar-refractivity contribution in [1.82, 2.24) is 20.9 Å². The minimum atomic E-state index is -0.0195. The van der Waals surface area contributed by atoms with Gasteiger partial charge in [-0.15, -0.1) is 0 Å². The van der Waals surface area contributed by atoms with Crippen LogP contribution in [0.5, 0.6) is 11.5 Å². The van der Waals surface area contributed by atoms with Gasteiger partial charge >= 0.3 is 0 Å². The first-order valence-electron chi connectivity index (χ1n) is 12.0. The fraction of sp³-hybridized carbons (Fsp3) is 0.708. The number of likely N-dealkylation sites (tertiary alicyclic amines) is 1. The third-order valence-electron chi connectivity index (χ3n) is 6.66. The van der Waals surface area contributed by atoms with Gasteiger partial charge in [0, 0.05) is 24.7 Å². The maximum atomic E-state index is 12.5. The number of benzene rings is 1. The van der Waals surface area contributed by atoms with Crippen molar-refractivity contribution in [1.29, 1.82) is 0 Å². The van der Waals surface area contributed by atoms with Gasteiger partial charge in [-0.1, -0.05) is 6.07 Å². The summed E-state index contributed by atoms with van der Waals surface area (Å²) in [6.07, 6.45) is 7.26. The summed E-state index contributed by atoms with van der Waals surface area (Å²) in [5, 5.41) is 29.9. The van der Waals surface area contributed by atoms with Crippen molar-refractivity contribution in [3.63, 3.8) is 0 Å². The Labute approximate surface area is 186 Å². The molecule has 3 rings (SSSR count). The zero-order valence-electron chi connectivity index (χ0n) is 18.7. The predicted molar refractivity (Wildman–Crippen MR) is 123 cm³/mol. The second-order valence-electron chi connectivity index (χ2n) is 9.12. The van der Waals surface area contributed by atoms with E-state index in [0.717, 1.165) is 51.5 Å². The smallest absolute Gasteiger partial charge is 0.227 e. The standard InChI is InChI=1S/C24H40N4O3/c29-22-4-3-21(23(30)16-22)15-24(31)28-13-7-20(8-14-28)18-27-10-2-1-9-26-17-19-5-11-25-12-6-19/h3-4,16,19-20,25-27,29-30H,1-2,5-15,17-18H2. The van der Waals surface area contributed by atoms with Crippen molar-refractivity contribution in [3.8, 4) is 11.5 Å². The molecule has 1 aromatic rings. The minimum absolute atomic E-state index is 0.00971. The van der Waals surface area contributed by atoms with E-state index < -0.39 is 0 Å². The molecule has 0 unspecified atom stereocenters. The lowest BCUT2D eigenvalue weighted by Crippen LogP contribution is -2.41. The quantitative estimate of drug-likeness (QED) is 0.343. The van der Waals surface area contributed by atoms with E-state index in [0.29, 0.717) is 11.5 Å². The van der Waals surface area contributed by atoms with E-state index in [1.165, 1.54) is 57.5 Å². The molecule has 1 aromatic carbocycles. The summed E-state index contributed by atoms with van der Waals surface area (Å²) in [6, 6.07) is 4.40. The van der Waals surface area contributed by atoms with Gasteiger partial charge in [-0.3, -0.25) is 4.79 Å². The number of nitrogens with one attached hydrogen (secondary N) is 3. The molecule has 31 heavy (non-hydrogen) atoms. The largest absolute Gasteiger partial charge is 0.508 e. The Kier molecular flexibility index (Phi) is 9.90. The van der Waals surface area contributed by atoms with Crippen molar-refractivity contribution in [3.05, 3.63) is 23.8 Å². The van der Waals surface area contributed by atoms with Crippen LogP contribution in [-0.4, -0.2) is 73.4 Å². The molecule has 0 radical (unpaired) electrons. The Morgan fingerprint density at radius 2 is 1.58 bits per heavy atom. The molecule has 2 heterocycles. The number of carbonyl (C=O) groups excluding carboxylic acids is 1. The average Bonchev–Trinajstić information content (AvgIpc) is 2.78. The Morgan fingerprint density at radius 1 is 0.968 bits per heavy atom. The van der Waals surface area contributed by atoms with Crippen LogP contribution in [0.1, 0.15) is 44.1 Å². The summed E-state index contributed by atoms with van der Waals surface area (Å²) >= 11 is 0. The summed E-state index contributed by atoms with van der Waals surface area (Å²) in [5.41, 5.74) is 0.567. The van der Waals surface area contributed by atoms with Gasteiger partial charge in [-0.25, -0.2) is 0 Å². The third-order valence-corrected chi connectivity index (χ3v) is 6.66. The molecule has 0 aromatic heterocycles. The van der Waals surface area contributed by atoms with Crippen LogP contribution in [0.25, 0.3) is 0 Å². The molecule has 2 saturated heterocycles. The number of hydrogen-bond donors (Lipinski definition) is 5. The Morgan fingerprint density at radius 3 is 2.19 bits per heavy atom. The number of rotatable bonds is 11. The number of amides is 1. The molecule has 7 nitrogen and oxygen atoms in total. The molecule has 2 aliphatic heterocycles. The SMILES string of the molecule is O=C(Cc1ccc(O)cc1O)N1CCC(CNCCCCNCC2CCNCC2)CC1. The zero-order valence-corrected chi connectivity index (χ0v) is 18.7. The summed E-state index contributed by atoms with van der Waals surface area (Å²) in [5.74, 6) is 1.52. The van der Waals surface area contributed by atoms with Gasteiger partial charge in [0.25, 0.3) is 0 Å². The number of phenolic OH excluding ortho intramolecular Hbond substituents is 2. The number of unbranched alkanes of at least 4 members (excludes halogenated alkanes) is 1. The lowest BCUT2D eigenvalue weighted by atomic mass is 9.96. The highest BCUT2D eigenvalue weighted by Gasteiger charge is 2.23. The summed E-state index contributed by atoms with van der Waals surface area (Å²) in [7, 11) is 0. The number of nitrogens with zero attached hydrogens (tertiary/aromatic N) is 1. The lowest BCUT2D eigenvalue weighted by molar-refractivity contribution is -0.131. The topological polar surface area (TPSA) is 96.9 Å². The van der Waals surface area contributed by atoms with Crippen LogP contribution < -0.4 is 16.0 Å². The zero-order chi connectivity index (χ0) is 21.9. The monoisotopic (exact) mass is 432 g/mol. The maximum Gasteiger partial charge on any atom is 0.227 e. The van der Waals surface area contributed by atoms with Gasteiger partial charge in [-0.05, 0) is 95.7 Å². The molecule has 0 spiro atoms. The van der Waals surface area contributed by atoms with E-state index in [1.807, 2.05) is 4.90 Å². The van der Waals surface area contributed by atoms with Crippen LogP contribution in [0.2, 0.25) is 0 Å². The van der Waals surface area contributed by atoms with Gasteiger partial charge in [0.1, 0.15) is 11.5 Å². The van der Waals surface area contributed by atoms with Crippen LogP contribution in [-0.2, 0) is 11.2 Å². The molecular weight excluding hydrogens is 392 g/mol. The molecular formula is C24H40N4O3. The molecule has 2 aliphatic rings. The number of carbonyl (C=O) groups is 1. The second kappa shape index (κ2) is 12.9. The van der Waals surface area contributed by atoms with Crippen LogP contribution in [0.4, 0.5) is 0 Å². The summed E-state index contributed by atoms with van der Waals surface area (Å²) < 4.78 is 0. The van der Waals surface area contributed by atoms with Gasteiger partial charge < -0.3 is 31.1 Å². The van der Waals surface area contributed by atoms with E-state index >= 15 is 0 Å². The highest BCUT2D eigenvalue weighted by molar-refractivity contribution is 5.79. The highest BCUT2D eigenvalue weighted by atomic mass is 16.3.